The predicted molar refractivity (Wildman–Crippen MR) is 109 cm³/mol. The van der Waals surface area contributed by atoms with Gasteiger partial charge in [0.05, 0.1) is 0 Å². The van der Waals surface area contributed by atoms with Gasteiger partial charge >= 0.3 is 0 Å². The summed E-state index contributed by atoms with van der Waals surface area (Å²) >= 11 is 6.00. The van der Waals surface area contributed by atoms with Crippen molar-refractivity contribution in [1.29, 1.82) is 0 Å². The molecule has 0 unspecified atom stereocenters. The fraction of sp³-hybridized carbons (Fsp3) is 0.350. The van der Waals surface area contributed by atoms with E-state index < -0.39 is 0 Å². The predicted octanol–water partition coefficient (Wildman–Crippen LogP) is 3.69. The smallest absolute Gasteiger partial charge is 0.253 e. The summed E-state index contributed by atoms with van der Waals surface area (Å²) in [7, 11) is 0. The number of fused-ring (bicyclic) bond motifs is 1. The lowest BCUT2D eigenvalue weighted by molar-refractivity contribution is 0.0628. The van der Waals surface area contributed by atoms with Crippen LogP contribution in [0.1, 0.15) is 21.5 Å². The van der Waals surface area contributed by atoms with Crippen LogP contribution in [-0.4, -0.2) is 48.4 Å². The molecule has 26 heavy (non-hydrogen) atoms. The van der Waals surface area contributed by atoms with Gasteiger partial charge in [-0.25, -0.2) is 0 Å². The Labute approximate surface area is 165 Å². The zero-order valence-corrected chi connectivity index (χ0v) is 16.2. The van der Waals surface area contributed by atoms with Gasteiger partial charge in [-0.3, -0.25) is 9.69 Å². The number of carbonyl (C=O) groups is 1. The highest BCUT2D eigenvalue weighted by molar-refractivity contribution is 6.30. The fourth-order valence-corrected chi connectivity index (χ4v) is 3.89. The number of carbonyl (C=O) groups excluding carboxylic acids is 1. The molecule has 0 aromatic heterocycles. The van der Waals surface area contributed by atoms with Crippen molar-refractivity contribution < 1.29 is 4.79 Å². The molecule has 1 amide bonds. The molecule has 2 aliphatic rings. The maximum Gasteiger partial charge on any atom is 0.253 e. The van der Waals surface area contributed by atoms with Crippen LogP contribution in [0.15, 0.2) is 42.5 Å². The first kappa shape index (κ1) is 19.0. The summed E-state index contributed by atoms with van der Waals surface area (Å²) < 4.78 is 0. The molecule has 0 saturated carbocycles. The van der Waals surface area contributed by atoms with E-state index in [4.69, 9.17) is 11.6 Å². The van der Waals surface area contributed by atoms with Crippen LogP contribution >= 0.6 is 24.0 Å². The third kappa shape index (κ3) is 3.98. The quantitative estimate of drug-likeness (QED) is 0.866. The Morgan fingerprint density at radius 1 is 1.08 bits per heavy atom. The van der Waals surface area contributed by atoms with Crippen molar-refractivity contribution in [2.45, 2.75) is 13.0 Å². The molecule has 0 bridgehead atoms. The first-order chi connectivity index (χ1) is 12.2. The Balaban J connectivity index is 0.00000196. The number of anilines is 1. The number of piperazine rings is 1. The summed E-state index contributed by atoms with van der Waals surface area (Å²) in [6.45, 7) is 5.29. The van der Waals surface area contributed by atoms with Gasteiger partial charge in [0, 0.05) is 55.5 Å². The topological polar surface area (TPSA) is 35.6 Å². The van der Waals surface area contributed by atoms with Crippen LogP contribution < -0.4 is 5.32 Å². The number of hydrogen-bond donors (Lipinski definition) is 1. The largest absolute Gasteiger partial charge is 0.384 e. The molecule has 4 rings (SSSR count). The fourth-order valence-electron chi connectivity index (χ4n) is 3.70. The van der Waals surface area contributed by atoms with Gasteiger partial charge in [0.25, 0.3) is 5.91 Å². The third-order valence-electron chi connectivity index (χ3n) is 5.06. The van der Waals surface area contributed by atoms with Crippen molar-refractivity contribution in [1.82, 2.24) is 9.80 Å². The molecule has 2 heterocycles. The molecule has 138 valence electrons. The Bertz CT molecular complexity index is 788. The molecule has 1 N–H and O–H groups in total. The first-order valence-corrected chi connectivity index (χ1v) is 9.20. The number of para-hydroxylation sites is 1. The van der Waals surface area contributed by atoms with Crippen molar-refractivity contribution in [3.05, 3.63) is 64.2 Å². The van der Waals surface area contributed by atoms with Gasteiger partial charge in [-0.1, -0.05) is 35.9 Å². The highest BCUT2D eigenvalue weighted by Gasteiger charge is 2.23. The minimum atomic E-state index is 0. The average molecular weight is 392 g/mol. The van der Waals surface area contributed by atoms with E-state index in [9.17, 15) is 4.79 Å². The number of benzene rings is 2. The molecule has 2 aromatic rings. The van der Waals surface area contributed by atoms with Gasteiger partial charge in [0.2, 0.25) is 0 Å². The molecule has 2 aliphatic heterocycles. The molecule has 1 fully saturated rings. The Hall–Kier alpha value is -1.75. The number of nitrogens with one attached hydrogen (secondary N) is 1. The van der Waals surface area contributed by atoms with E-state index in [0.717, 1.165) is 45.7 Å². The van der Waals surface area contributed by atoms with Crippen molar-refractivity contribution in [3.8, 4) is 0 Å². The van der Waals surface area contributed by atoms with Crippen LogP contribution in [0.3, 0.4) is 0 Å². The molecular formula is C20H23Cl2N3O. The first-order valence-electron chi connectivity index (χ1n) is 8.82. The second-order valence-corrected chi connectivity index (χ2v) is 7.14. The minimum absolute atomic E-state index is 0. The molecule has 4 nitrogen and oxygen atoms in total. The van der Waals surface area contributed by atoms with Crippen LogP contribution in [0.4, 0.5) is 5.69 Å². The van der Waals surface area contributed by atoms with E-state index in [1.165, 1.54) is 16.8 Å². The minimum Gasteiger partial charge on any atom is -0.384 e. The molecule has 0 atom stereocenters. The van der Waals surface area contributed by atoms with Gasteiger partial charge in [-0.15, -0.1) is 12.4 Å². The van der Waals surface area contributed by atoms with E-state index in [-0.39, 0.29) is 18.3 Å². The normalized spacial score (nSPS) is 16.6. The summed E-state index contributed by atoms with van der Waals surface area (Å²) in [6, 6.07) is 13.8. The lowest BCUT2D eigenvalue weighted by Gasteiger charge is -2.35. The van der Waals surface area contributed by atoms with Crippen LogP contribution in [-0.2, 0) is 13.0 Å². The number of amides is 1. The third-order valence-corrected chi connectivity index (χ3v) is 5.29. The molecule has 1 saturated heterocycles. The number of rotatable bonds is 3. The molecule has 0 aliphatic carbocycles. The van der Waals surface area contributed by atoms with Gasteiger partial charge < -0.3 is 10.2 Å². The molecule has 2 aromatic carbocycles. The molecular weight excluding hydrogens is 369 g/mol. The molecule has 0 radical (unpaired) electrons. The highest BCUT2D eigenvalue weighted by atomic mass is 35.5. The monoisotopic (exact) mass is 391 g/mol. The van der Waals surface area contributed by atoms with E-state index in [1.54, 1.807) is 12.1 Å². The zero-order chi connectivity index (χ0) is 17.2. The number of halogens is 2. The van der Waals surface area contributed by atoms with E-state index in [0.29, 0.717) is 10.6 Å². The maximum absolute atomic E-state index is 12.6. The lowest BCUT2D eigenvalue weighted by Crippen LogP contribution is -2.48. The number of nitrogens with zero attached hydrogens (tertiary/aromatic N) is 2. The Morgan fingerprint density at radius 3 is 2.62 bits per heavy atom. The highest BCUT2D eigenvalue weighted by Crippen LogP contribution is 2.27. The van der Waals surface area contributed by atoms with Crippen LogP contribution in [0.5, 0.6) is 0 Å². The summed E-state index contributed by atoms with van der Waals surface area (Å²) in [6.07, 6.45) is 1.12. The summed E-state index contributed by atoms with van der Waals surface area (Å²) in [5, 5.41) is 4.11. The van der Waals surface area contributed by atoms with Gasteiger partial charge in [-0.05, 0) is 35.7 Å². The molecule has 0 spiro atoms. The van der Waals surface area contributed by atoms with Crippen molar-refractivity contribution in [3.63, 3.8) is 0 Å². The van der Waals surface area contributed by atoms with Gasteiger partial charge in [0.1, 0.15) is 0 Å². The standard InChI is InChI=1S/C20H22ClN3O.ClH/c21-18-6-2-4-16(13-18)20(25)24-11-9-23(10-12-24)14-17-5-1-3-15-7-8-22-19(15)17;/h1-6,13,22H,7-12,14H2;1H. The summed E-state index contributed by atoms with van der Waals surface area (Å²) in [4.78, 5) is 17.0. The van der Waals surface area contributed by atoms with E-state index >= 15 is 0 Å². The molecule has 6 heteroatoms. The Kier molecular flexibility index (Phi) is 6.07. The van der Waals surface area contributed by atoms with Crippen molar-refractivity contribution in [2.24, 2.45) is 0 Å². The van der Waals surface area contributed by atoms with E-state index in [2.05, 4.69) is 28.4 Å². The maximum atomic E-state index is 12.6. The van der Waals surface area contributed by atoms with E-state index in [1.807, 2.05) is 17.0 Å². The zero-order valence-electron chi connectivity index (χ0n) is 14.6. The second kappa shape index (κ2) is 8.30. The van der Waals surface area contributed by atoms with Crippen LogP contribution in [0.2, 0.25) is 5.02 Å². The second-order valence-electron chi connectivity index (χ2n) is 6.71. The summed E-state index contributed by atoms with van der Waals surface area (Å²) in [5.74, 6) is 0.0735. The number of hydrogen-bond acceptors (Lipinski definition) is 3. The Morgan fingerprint density at radius 2 is 1.85 bits per heavy atom. The van der Waals surface area contributed by atoms with Crippen molar-refractivity contribution >= 4 is 35.6 Å². The average Bonchev–Trinajstić information content (AvgIpc) is 3.12. The van der Waals surface area contributed by atoms with Gasteiger partial charge in [0.15, 0.2) is 0 Å². The van der Waals surface area contributed by atoms with Crippen molar-refractivity contribution in [2.75, 3.05) is 38.0 Å². The summed E-state index contributed by atoms with van der Waals surface area (Å²) in [5.41, 5.74) is 4.78. The SMILES string of the molecule is Cl.O=C(c1cccc(Cl)c1)N1CCN(Cc2cccc3c2NCC3)CC1. The van der Waals surface area contributed by atoms with Crippen LogP contribution in [0.25, 0.3) is 0 Å². The van der Waals surface area contributed by atoms with Gasteiger partial charge in [-0.2, -0.15) is 0 Å². The lowest BCUT2D eigenvalue weighted by atomic mass is 10.1. The van der Waals surface area contributed by atoms with Crippen LogP contribution in [0, 0.1) is 0 Å².